The summed E-state index contributed by atoms with van der Waals surface area (Å²) in [5.41, 5.74) is -4.19. The molecule has 9 aromatic rings. The number of para-hydroxylation sites is 1. The van der Waals surface area contributed by atoms with Crippen molar-refractivity contribution in [1.29, 1.82) is 0 Å². The Bertz CT molecular complexity index is 3850. The van der Waals surface area contributed by atoms with Crippen LogP contribution in [0.3, 0.4) is 0 Å². The van der Waals surface area contributed by atoms with Crippen molar-refractivity contribution in [2.75, 3.05) is 0 Å². The number of benzene rings is 7. The van der Waals surface area contributed by atoms with Gasteiger partial charge in [0.05, 0.1) is 32.9 Å². The topological polar surface area (TPSA) is 51.8 Å². The Morgan fingerprint density at radius 2 is 1.04 bits per heavy atom. The molecule has 9 rings (SSSR count). The molecule has 0 unspecified atom stereocenters. The Hall–Kier alpha value is -6.13. The summed E-state index contributed by atoms with van der Waals surface area (Å²) >= 11 is 0. The fourth-order valence-corrected chi connectivity index (χ4v) is 4.75. The lowest BCUT2D eigenvalue weighted by Crippen LogP contribution is -2.00. The normalized spacial score (nSPS) is 19.0. The van der Waals surface area contributed by atoms with Crippen molar-refractivity contribution in [2.24, 2.45) is 0 Å². The maximum absolute atomic E-state index is 9.35. The van der Waals surface area contributed by atoms with Crippen LogP contribution in [0.1, 0.15) is 32.9 Å². The molecule has 0 bridgehead atoms. The highest BCUT2D eigenvalue weighted by Gasteiger charge is 2.17. The molecule has 0 saturated carbocycles. The van der Waals surface area contributed by atoms with E-state index in [1.165, 1.54) is 0 Å². The van der Waals surface area contributed by atoms with E-state index < -0.39 is 217 Å². The molecule has 7 aromatic carbocycles. The maximum atomic E-state index is 9.35. The van der Waals surface area contributed by atoms with Gasteiger partial charge in [-0.2, -0.15) is 0 Å². The van der Waals surface area contributed by atoms with Crippen LogP contribution in [0.2, 0.25) is 0 Å². The van der Waals surface area contributed by atoms with Crippen molar-refractivity contribution in [3.8, 4) is 45.3 Å². The average molecular weight is 600 g/mol. The van der Waals surface area contributed by atoms with Crippen LogP contribution in [-0.4, -0.2) is 15.0 Å². The lowest BCUT2D eigenvalue weighted by atomic mass is 9.97. The summed E-state index contributed by atoms with van der Waals surface area (Å²) in [7, 11) is 0. The molecular formula is C41H25N3O. The third-order valence-corrected chi connectivity index (χ3v) is 6.77. The summed E-state index contributed by atoms with van der Waals surface area (Å²) in [6.45, 7) is 0. The Morgan fingerprint density at radius 1 is 0.422 bits per heavy atom. The highest BCUT2D eigenvalue weighted by Crippen LogP contribution is 2.37. The molecule has 0 aliphatic carbocycles. The third kappa shape index (κ3) is 4.35. The molecule has 210 valence electrons. The molecule has 2 heterocycles. The van der Waals surface area contributed by atoms with Gasteiger partial charge in [0.1, 0.15) is 11.2 Å². The molecule has 0 N–H and O–H groups in total. The number of furan rings is 1. The summed E-state index contributed by atoms with van der Waals surface area (Å²) in [4.78, 5) is 13.1. The van der Waals surface area contributed by atoms with Gasteiger partial charge < -0.3 is 4.42 Å². The van der Waals surface area contributed by atoms with Crippen molar-refractivity contribution in [3.05, 3.63) is 151 Å². The fraction of sp³-hybridized carbons (Fsp3) is 0. The van der Waals surface area contributed by atoms with Crippen LogP contribution in [0.15, 0.2) is 156 Å². The predicted octanol–water partition coefficient (Wildman–Crippen LogP) is 10.7. The first kappa shape index (κ1) is 11.1. The highest BCUT2D eigenvalue weighted by molar-refractivity contribution is 6.12. The average Bonchev–Trinajstić information content (AvgIpc) is 3.69. The molecule has 0 radical (unpaired) electrons. The molecule has 4 heteroatoms. The van der Waals surface area contributed by atoms with E-state index in [1.54, 1.807) is 0 Å². The van der Waals surface area contributed by atoms with Crippen LogP contribution in [0, 0.1) is 0 Å². The number of fused-ring (bicyclic) bond motifs is 6. The molecule has 0 spiro atoms. The number of nitrogens with zero attached hydrogens (tertiary/aromatic N) is 3. The first-order chi connectivity index (χ1) is 32.3. The van der Waals surface area contributed by atoms with E-state index >= 15 is 0 Å². The fourth-order valence-electron chi connectivity index (χ4n) is 4.75. The van der Waals surface area contributed by atoms with Crippen LogP contribution < -0.4 is 0 Å². The van der Waals surface area contributed by atoms with E-state index in [0.29, 0.717) is 0 Å². The van der Waals surface area contributed by atoms with Gasteiger partial charge >= 0.3 is 0 Å². The zero-order chi connectivity index (χ0) is 50.6. The molecule has 0 aliphatic rings. The molecule has 0 saturated heterocycles. The quantitative estimate of drug-likeness (QED) is 0.189. The minimum atomic E-state index is -0.999. The molecular weight excluding hydrogens is 550 g/mol. The SMILES string of the molecule is [2H]c1cc2c(oc3c([2H])c([2H])c([2H])c(-c4nc(-c5c([2H])c([2H])c([2H])c([2H])c5[2H])nc(-c5c([2H])c([2H])c(-c6c([2H])c([2H])c7c([2H])c([2H])c8c([2H])c([2H])c([2H])c([2H])c8c7c6[2H])c([2H])c5[2H])n4)c32)c([2H])c1[2H]. The van der Waals surface area contributed by atoms with Gasteiger partial charge in [-0.05, 0) is 50.8 Å². The third-order valence-electron chi connectivity index (χ3n) is 6.77. The van der Waals surface area contributed by atoms with E-state index in [2.05, 4.69) is 15.0 Å². The standard InChI is InChI=1S/C41H25N3O/c1-2-10-29(11-3-1)39-42-40(44-41(43-39)34-14-8-16-37-38(34)33-13-6-7-15-36(33)45-37)30-22-17-26(18-23-30)31-24-21-28-20-19-27-9-4-5-12-32(27)35(28)25-31/h1-25H/i1D,2D,3D,4D,5D,6D,7D,8D,9D,10D,11D,12D,14D,15D,16D,17D,18D,19D,20D,21D,22D,23D,24D,25D. The van der Waals surface area contributed by atoms with Gasteiger partial charge in [-0.1, -0.05) is 133 Å². The molecule has 45 heavy (non-hydrogen) atoms. The smallest absolute Gasteiger partial charge is 0.164 e. The Kier molecular flexibility index (Phi) is 2.53. The lowest BCUT2D eigenvalue weighted by molar-refractivity contribution is 0.669. The zero-order valence-electron chi connectivity index (χ0n) is 46.3. The number of rotatable bonds is 4. The molecule has 0 aliphatic heterocycles. The van der Waals surface area contributed by atoms with E-state index in [9.17, 15) is 6.85 Å². The van der Waals surface area contributed by atoms with Crippen LogP contribution in [0.5, 0.6) is 0 Å². The predicted molar refractivity (Wildman–Crippen MR) is 184 cm³/mol. The number of aromatic nitrogens is 3. The summed E-state index contributed by atoms with van der Waals surface area (Å²) < 4.78 is 215. The first-order valence-corrected chi connectivity index (χ1v) is 13.1. The van der Waals surface area contributed by atoms with E-state index in [4.69, 9.17) is 30.5 Å². The Morgan fingerprint density at radius 3 is 1.89 bits per heavy atom. The van der Waals surface area contributed by atoms with Gasteiger partial charge in [-0.3, -0.25) is 0 Å². The van der Waals surface area contributed by atoms with Gasteiger partial charge in [0, 0.05) is 27.5 Å². The van der Waals surface area contributed by atoms with Crippen LogP contribution in [0.4, 0.5) is 0 Å². The van der Waals surface area contributed by atoms with Crippen molar-refractivity contribution >= 4 is 43.5 Å². The van der Waals surface area contributed by atoms with Crippen molar-refractivity contribution in [2.45, 2.75) is 0 Å². The Balaban J connectivity index is 1.41. The zero-order valence-corrected chi connectivity index (χ0v) is 22.3. The van der Waals surface area contributed by atoms with Gasteiger partial charge in [0.2, 0.25) is 0 Å². The van der Waals surface area contributed by atoms with E-state index in [-0.39, 0.29) is 16.4 Å². The summed E-state index contributed by atoms with van der Waals surface area (Å²) in [6.07, 6.45) is 0. The van der Waals surface area contributed by atoms with Gasteiger partial charge in [-0.25, -0.2) is 15.0 Å². The largest absolute Gasteiger partial charge is 0.456 e. The summed E-state index contributed by atoms with van der Waals surface area (Å²) in [5.74, 6) is -2.24. The minimum Gasteiger partial charge on any atom is -0.456 e. The van der Waals surface area contributed by atoms with Gasteiger partial charge in [0.15, 0.2) is 17.5 Å². The lowest BCUT2D eigenvalue weighted by Gasteiger charge is -2.10. The second-order valence-electron chi connectivity index (χ2n) is 9.39. The molecule has 0 amide bonds. The molecule has 0 atom stereocenters. The first-order valence-electron chi connectivity index (χ1n) is 25.1. The van der Waals surface area contributed by atoms with Gasteiger partial charge in [-0.15, -0.1) is 0 Å². The van der Waals surface area contributed by atoms with Crippen LogP contribution in [-0.2, 0) is 0 Å². The van der Waals surface area contributed by atoms with Crippen molar-refractivity contribution < 1.29 is 37.3 Å². The second-order valence-corrected chi connectivity index (χ2v) is 9.39. The summed E-state index contributed by atoms with van der Waals surface area (Å²) in [6, 6.07) is -18.1. The van der Waals surface area contributed by atoms with Crippen molar-refractivity contribution in [3.63, 3.8) is 0 Å². The molecule has 2 aromatic heterocycles. The van der Waals surface area contributed by atoms with Crippen LogP contribution in [0.25, 0.3) is 88.8 Å². The van der Waals surface area contributed by atoms with Crippen molar-refractivity contribution in [1.82, 2.24) is 15.0 Å². The van der Waals surface area contributed by atoms with E-state index in [0.717, 1.165) is 6.07 Å². The molecule has 0 fully saturated rings. The van der Waals surface area contributed by atoms with Crippen LogP contribution >= 0.6 is 0 Å². The Labute approximate surface area is 293 Å². The number of hydrogen-bond donors (Lipinski definition) is 0. The maximum Gasteiger partial charge on any atom is 0.164 e. The number of hydrogen-bond acceptors (Lipinski definition) is 4. The monoisotopic (exact) mass is 599 g/mol. The second kappa shape index (κ2) is 10.2. The molecule has 4 nitrogen and oxygen atoms in total. The van der Waals surface area contributed by atoms with Gasteiger partial charge in [0.25, 0.3) is 0 Å². The minimum absolute atomic E-state index is 0.116. The van der Waals surface area contributed by atoms with E-state index in [1.807, 2.05) is 0 Å². The summed E-state index contributed by atoms with van der Waals surface area (Å²) in [5, 5.41) is -2.35. The highest BCUT2D eigenvalue weighted by atomic mass is 16.3.